The second-order valence-corrected chi connectivity index (χ2v) is 6.92. The van der Waals surface area contributed by atoms with Crippen LogP contribution in [0.2, 0.25) is 0 Å². The van der Waals surface area contributed by atoms with Crippen molar-refractivity contribution in [2.75, 3.05) is 13.1 Å². The molecule has 0 aliphatic carbocycles. The molecule has 4 heteroatoms. The molecule has 0 bridgehead atoms. The summed E-state index contributed by atoms with van der Waals surface area (Å²) in [6, 6.07) is 20.0. The Bertz CT molecular complexity index is 923. The maximum atomic E-state index is 13.3. The van der Waals surface area contributed by atoms with Crippen molar-refractivity contribution in [3.63, 3.8) is 0 Å². The summed E-state index contributed by atoms with van der Waals surface area (Å²) in [5, 5.41) is 0.908. The molecule has 4 rings (SSSR count). The van der Waals surface area contributed by atoms with Gasteiger partial charge in [0, 0.05) is 30.1 Å². The molecular formula is C22H23N3O. The fourth-order valence-corrected chi connectivity index (χ4v) is 3.60. The molecule has 4 nitrogen and oxygen atoms in total. The van der Waals surface area contributed by atoms with E-state index in [1.54, 1.807) is 0 Å². The lowest BCUT2D eigenvalue weighted by molar-refractivity contribution is 0.0763. The summed E-state index contributed by atoms with van der Waals surface area (Å²) in [5.41, 5.74) is 9.51. The lowest BCUT2D eigenvalue weighted by Gasteiger charge is -2.21. The average molecular weight is 345 g/mol. The van der Waals surface area contributed by atoms with E-state index >= 15 is 0 Å². The van der Waals surface area contributed by atoms with Crippen molar-refractivity contribution in [1.29, 1.82) is 0 Å². The van der Waals surface area contributed by atoms with Gasteiger partial charge in [-0.05, 0) is 31.4 Å². The van der Waals surface area contributed by atoms with Crippen molar-refractivity contribution < 1.29 is 4.79 Å². The Morgan fingerprint density at radius 3 is 2.62 bits per heavy atom. The molecular weight excluding hydrogens is 322 g/mol. The molecule has 1 aliphatic rings. The van der Waals surface area contributed by atoms with Gasteiger partial charge >= 0.3 is 0 Å². The largest absolute Gasteiger partial charge is 0.339 e. The fourth-order valence-electron chi connectivity index (χ4n) is 3.60. The van der Waals surface area contributed by atoms with Crippen LogP contribution in [-0.2, 0) is 0 Å². The first-order valence-corrected chi connectivity index (χ1v) is 9.22. The number of carbonyl (C=O) groups excluding carboxylic acids is 1. The topological polar surface area (TPSA) is 59.2 Å². The van der Waals surface area contributed by atoms with Gasteiger partial charge in [0.2, 0.25) is 0 Å². The number of aromatic nitrogens is 1. The smallest absolute Gasteiger partial charge is 0.254 e. The number of likely N-dealkylation sites (tertiary alicyclic amines) is 1. The summed E-state index contributed by atoms with van der Waals surface area (Å²) in [4.78, 5) is 20.0. The highest BCUT2D eigenvalue weighted by molar-refractivity contribution is 6.07. The first kappa shape index (κ1) is 16.7. The maximum absolute atomic E-state index is 13.3. The van der Waals surface area contributed by atoms with Gasteiger partial charge in [0.15, 0.2) is 0 Å². The molecule has 2 heterocycles. The molecule has 1 aliphatic heterocycles. The standard InChI is InChI=1S/C22H23N3O/c23-17-9-6-13-25(14-12-17)22(26)19-15-21(16-7-2-1-3-8-16)24-20-11-5-4-10-18(19)20/h1-5,7-8,10-11,15,17H,6,9,12-14,23H2/t17-/m0/s1. The van der Waals surface area contributed by atoms with E-state index in [9.17, 15) is 4.79 Å². The van der Waals surface area contributed by atoms with E-state index in [0.29, 0.717) is 0 Å². The van der Waals surface area contributed by atoms with Crippen LogP contribution in [0.3, 0.4) is 0 Å². The van der Waals surface area contributed by atoms with Crippen molar-refractivity contribution in [3.8, 4) is 11.3 Å². The molecule has 1 saturated heterocycles. The third kappa shape index (κ3) is 3.33. The van der Waals surface area contributed by atoms with Crippen molar-refractivity contribution in [2.45, 2.75) is 25.3 Å². The average Bonchev–Trinajstić information content (AvgIpc) is 2.92. The van der Waals surface area contributed by atoms with Crippen LogP contribution in [0.25, 0.3) is 22.2 Å². The number of para-hydroxylation sites is 1. The van der Waals surface area contributed by atoms with E-state index in [1.807, 2.05) is 65.6 Å². The molecule has 0 saturated carbocycles. The molecule has 2 aromatic carbocycles. The second kappa shape index (κ2) is 7.26. The first-order chi connectivity index (χ1) is 12.7. The van der Waals surface area contributed by atoms with Gasteiger partial charge in [0.1, 0.15) is 0 Å². The van der Waals surface area contributed by atoms with E-state index in [0.717, 1.165) is 60.1 Å². The van der Waals surface area contributed by atoms with Crippen LogP contribution in [0.5, 0.6) is 0 Å². The lowest BCUT2D eigenvalue weighted by Crippen LogP contribution is -2.33. The number of benzene rings is 2. The highest BCUT2D eigenvalue weighted by atomic mass is 16.2. The Balaban J connectivity index is 1.79. The Kier molecular flexibility index (Phi) is 4.67. The van der Waals surface area contributed by atoms with E-state index in [2.05, 4.69) is 0 Å². The van der Waals surface area contributed by atoms with Crippen LogP contribution in [0, 0.1) is 0 Å². The predicted octanol–water partition coefficient (Wildman–Crippen LogP) is 3.86. The number of nitrogens with zero attached hydrogens (tertiary/aromatic N) is 2. The quantitative estimate of drug-likeness (QED) is 0.767. The summed E-state index contributed by atoms with van der Waals surface area (Å²) >= 11 is 0. The van der Waals surface area contributed by atoms with Crippen molar-refractivity contribution in [2.24, 2.45) is 5.73 Å². The van der Waals surface area contributed by atoms with Crippen LogP contribution in [0.15, 0.2) is 60.7 Å². The highest BCUT2D eigenvalue weighted by Gasteiger charge is 2.22. The van der Waals surface area contributed by atoms with Gasteiger partial charge in [0.05, 0.1) is 16.8 Å². The predicted molar refractivity (Wildman–Crippen MR) is 105 cm³/mol. The third-order valence-electron chi connectivity index (χ3n) is 5.08. The Labute approximate surface area is 153 Å². The minimum absolute atomic E-state index is 0.0786. The number of pyridine rings is 1. The summed E-state index contributed by atoms with van der Waals surface area (Å²) < 4.78 is 0. The normalized spacial score (nSPS) is 17.9. The molecule has 0 spiro atoms. The molecule has 3 aromatic rings. The SMILES string of the molecule is N[C@H]1CCCN(C(=O)c2cc(-c3ccccc3)nc3ccccc23)CC1. The second-order valence-electron chi connectivity index (χ2n) is 6.92. The zero-order chi connectivity index (χ0) is 17.9. The molecule has 0 unspecified atom stereocenters. The number of rotatable bonds is 2. The van der Waals surface area contributed by atoms with Crippen molar-refractivity contribution in [3.05, 3.63) is 66.2 Å². The third-order valence-corrected chi connectivity index (χ3v) is 5.08. The Morgan fingerprint density at radius 1 is 1.00 bits per heavy atom. The Hall–Kier alpha value is -2.72. The molecule has 2 N–H and O–H groups in total. The van der Waals surface area contributed by atoms with Crippen LogP contribution in [0.4, 0.5) is 0 Å². The summed E-state index contributed by atoms with van der Waals surface area (Å²) in [5.74, 6) is 0.0786. The van der Waals surface area contributed by atoms with Crippen LogP contribution in [-0.4, -0.2) is 34.9 Å². The number of carbonyl (C=O) groups is 1. The van der Waals surface area contributed by atoms with E-state index in [4.69, 9.17) is 10.7 Å². The van der Waals surface area contributed by atoms with Crippen molar-refractivity contribution in [1.82, 2.24) is 9.88 Å². The van der Waals surface area contributed by atoms with Gasteiger partial charge in [-0.2, -0.15) is 0 Å². The fraction of sp³-hybridized carbons (Fsp3) is 0.273. The molecule has 1 aromatic heterocycles. The molecule has 0 radical (unpaired) electrons. The summed E-state index contributed by atoms with van der Waals surface area (Å²) in [6.07, 6.45) is 2.80. The molecule has 1 fully saturated rings. The number of nitrogens with two attached hydrogens (primary N) is 1. The number of fused-ring (bicyclic) bond motifs is 1. The lowest BCUT2D eigenvalue weighted by atomic mass is 10.0. The first-order valence-electron chi connectivity index (χ1n) is 9.22. The highest BCUT2D eigenvalue weighted by Crippen LogP contribution is 2.26. The van der Waals surface area contributed by atoms with Gasteiger partial charge in [-0.1, -0.05) is 48.5 Å². The Morgan fingerprint density at radius 2 is 1.77 bits per heavy atom. The van der Waals surface area contributed by atoms with Gasteiger partial charge in [-0.3, -0.25) is 4.79 Å². The van der Waals surface area contributed by atoms with Gasteiger partial charge in [-0.25, -0.2) is 4.98 Å². The minimum atomic E-state index is 0.0786. The number of hydrogen-bond donors (Lipinski definition) is 1. The maximum Gasteiger partial charge on any atom is 0.254 e. The zero-order valence-electron chi connectivity index (χ0n) is 14.8. The van der Waals surface area contributed by atoms with E-state index in [-0.39, 0.29) is 11.9 Å². The number of hydrogen-bond acceptors (Lipinski definition) is 3. The van der Waals surface area contributed by atoms with E-state index < -0.39 is 0 Å². The zero-order valence-corrected chi connectivity index (χ0v) is 14.8. The van der Waals surface area contributed by atoms with Gasteiger partial charge in [-0.15, -0.1) is 0 Å². The van der Waals surface area contributed by atoms with Crippen LogP contribution in [0.1, 0.15) is 29.6 Å². The van der Waals surface area contributed by atoms with Crippen LogP contribution < -0.4 is 5.73 Å². The number of amides is 1. The summed E-state index contributed by atoms with van der Waals surface area (Å²) in [7, 11) is 0. The molecule has 26 heavy (non-hydrogen) atoms. The van der Waals surface area contributed by atoms with E-state index in [1.165, 1.54) is 0 Å². The minimum Gasteiger partial charge on any atom is -0.339 e. The summed E-state index contributed by atoms with van der Waals surface area (Å²) in [6.45, 7) is 1.49. The molecule has 1 atom stereocenters. The van der Waals surface area contributed by atoms with Gasteiger partial charge < -0.3 is 10.6 Å². The monoisotopic (exact) mass is 345 g/mol. The van der Waals surface area contributed by atoms with Crippen molar-refractivity contribution >= 4 is 16.8 Å². The van der Waals surface area contributed by atoms with Gasteiger partial charge in [0.25, 0.3) is 5.91 Å². The molecule has 132 valence electrons. The van der Waals surface area contributed by atoms with Crippen LogP contribution >= 0.6 is 0 Å². The molecule has 1 amide bonds.